The molecular weight excluding hydrogens is 414 g/mol. The molecular formula is C31H27N3. The zero-order chi connectivity index (χ0) is 23.7. The maximum atomic E-state index is 6.36. The third-order valence-corrected chi connectivity index (χ3v) is 6.00. The Hall–Kier alpha value is -4.50. The molecule has 5 aromatic rings. The molecule has 0 spiro atoms. The maximum Gasteiger partial charge on any atom is 0.0326 e. The van der Waals surface area contributed by atoms with Gasteiger partial charge in [-0.1, -0.05) is 54.6 Å². The second-order valence-corrected chi connectivity index (χ2v) is 8.76. The van der Waals surface area contributed by atoms with E-state index in [1.165, 1.54) is 0 Å². The average Bonchev–Trinajstić information content (AvgIpc) is 2.83. The Balaban J connectivity index is 1.55. The SMILES string of the molecule is Cc1cc(N)cc(-c2cccc(-c3cc(N)cc(-c4cccc(-c5cccc(N)c5)c4)c3)c2)c1. The van der Waals surface area contributed by atoms with Crippen molar-refractivity contribution in [2.75, 3.05) is 17.2 Å². The maximum absolute atomic E-state index is 6.36. The van der Waals surface area contributed by atoms with Crippen LogP contribution in [0.15, 0.2) is 109 Å². The molecule has 3 heteroatoms. The molecule has 0 aliphatic heterocycles. The summed E-state index contributed by atoms with van der Waals surface area (Å²) in [6.45, 7) is 2.06. The van der Waals surface area contributed by atoms with Crippen LogP contribution in [0.5, 0.6) is 0 Å². The van der Waals surface area contributed by atoms with Crippen molar-refractivity contribution >= 4 is 17.1 Å². The number of hydrogen-bond donors (Lipinski definition) is 3. The van der Waals surface area contributed by atoms with Crippen molar-refractivity contribution in [1.82, 2.24) is 0 Å². The van der Waals surface area contributed by atoms with Crippen LogP contribution in [0.25, 0.3) is 44.5 Å². The van der Waals surface area contributed by atoms with Crippen LogP contribution < -0.4 is 17.2 Å². The Morgan fingerprint density at radius 2 is 0.706 bits per heavy atom. The molecule has 0 amide bonds. The number of benzene rings is 5. The summed E-state index contributed by atoms with van der Waals surface area (Å²) in [6, 6.07) is 37.3. The van der Waals surface area contributed by atoms with E-state index in [0.29, 0.717) is 0 Å². The van der Waals surface area contributed by atoms with E-state index in [9.17, 15) is 0 Å². The first-order chi connectivity index (χ1) is 16.4. The van der Waals surface area contributed by atoms with Crippen molar-refractivity contribution in [3.05, 3.63) is 115 Å². The van der Waals surface area contributed by atoms with E-state index in [-0.39, 0.29) is 0 Å². The van der Waals surface area contributed by atoms with Gasteiger partial charge in [-0.2, -0.15) is 0 Å². The fraction of sp³-hybridized carbons (Fsp3) is 0.0323. The highest BCUT2D eigenvalue weighted by Crippen LogP contribution is 2.34. The zero-order valence-corrected chi connectivity index (χ0v) is 19.1. The van der Waals surface area contributed by atoms with E-state index in [1.807, 2.05) is 42.5 Å². The van der Waals surface area contributed by atoms with Crippen molar-refractivity contribution in [3.63, 3.8) is 0 Å². The number of nitrogens with two attached hydrogens (primary N) is 3. The molecule has 0 saturated heterocycles. The van der Waals surface area contributed by atoms with Gasteiger partial charge in [0.25, 0.3) is 0 Å². The molecule has 0 heterocycles. The molecule has 3 nitrogen and oxygen atoms in total. The topological polar surface area (TPSA) is 78.1 Å². The lowest BCUT2D eigenvalue weighted by atomic mass is 9.94. The number of hydrogen-bond acceptors (Lipinski definition) is 3. The van der Waals surface area contributed by atoms with Gasteiger partial charge in [-0.25, -0.2) is 0 Å². The fourth-order valence-corrected chi connectivity index (χ4v) is 4.44. The molecule has 0 radical (unpaired) electrons. The van der Waals surface area contributed by atoms with Crippen molar-refractivity contribution in [2.45, 2.75) is 6.92 Å². The van der Waals surface area contributed by atoms with E-state index < -0.39 is 0 Å². The molecule has 166 valence electrons. The number of rotatable bonds is 4. The Morgan fingerprint density at radius 1 is 0.353 bits per heavy atom. The molecule has 6 N–H and O–H groups in total. The van der Waals surface area contributed by atoms with Crippen LogP contribution in [-0.4, -0.2) is 0 Å². The molecule has 0 saturated carbocycles. The van der Waals surface area contributed by atoms with Gasteiger partial charge in [-0.15, -0.1) is 0 Å². The minimum Gasteiger partial charge on any atom is -0.399 e. The van der Waals surface area contributed by atoms with E-state index >= 15 is 0 Å². The van der Waals surface area contributed by atoms with Crippen LogP contribution in [0.3, 0.4) is 0 Å². The number of nitrogen functional groups attached to an aromatic ring is 3. The third kappa shape index (κ3) is 4.50. The predicted octanol–water partition coefficient (Wildman–Crippen LogP) is 7.41. The molecule has 0 bridgehead atoms. The fourth-order valence-electron chi connectivity index (χ4n) is 4.44. The Bertz CT molecular complexity index is 1480. The highest BCUT2D eigenvalue weighted by atomic mass is 14.5. The molecule has 0 aromatic heterocycles. The lowest BCUT2D eigenvalue weighted by Crippen LogP contribution is -1.91. The summed E-state index contributed by atoms with van der Waals surface area (Å²) < 4.78 is 0. The van der Waals surface area contributed by atoms with E-state index in [1.54, 1.807) is 0 Å². The first kappa shape index (κ1) is 21.4. The molecule has 34 heavy (non-hydrogen) atoms. The van der Waals surface area contributed by atoms with Crippen LogP contribution in [0.2, 0.25) is 0 Å². The van der Waals surface area contributed by atoms with Crippen LogP contribution >= 0.6 is 0 Å². The van der Waals surface area contributed by atoms with Crippen LogP contribution in [-0.2, 0) is 0 Å². The standard InChI is InChI=1S/C31H27N3/c1-20-11-26(17-30(33)12-20)22-6-3-8-24(14-22)28-15-27(18-31(34)19-28)23-7-2-5-21(13-23)25-9-4-10-29(32)16-25/h2-19H,32-34H2,1H3. The minimum absolute atomic E-state index is 0.729. The van der Waals surface area contributed by atoms with Gasteiger partial charge in [0.05, 0.1) is 0 Å². The summed E-state index contributed by atoms with van der Waals surface area (Å²) in [6.07, 6.45) is 0. The van der Waals surface area contributed by atoms with Crippen molar-refractivity contribution in [2.24, 2.45) is 0 Å². The van der Waals surface area contributed by atoms with Gasteiger partial charge in [0.2, 0.25) is 0 Å². The van der Waals surface area contributed by atoms with E-state index in [0.717, 1.165) is 67.1 Å². The number of anilines is 3. The summed E-state index contributed by atoms with van der Waals surface area (Å²) in [5, 5.41) is 0. The molecule has 0 unspecified atom stereocenters. The second kappa shape index (κ2) is 8.80. The van der Waals surface area contributed by atoms with Crippen LogP contribution in [0.1, 0.15) is 5.56 Å². The van der Waals surface area contributed by atoms with Gasteiger partial charge in [-0.05, 0) is 112 Å². The van der Waals surface area contributed by atoms with Gasteiger partial charge in [0.1, 0.15) is 0 Å². The van der Waals surface area contributed by atoms with Crippen LogP contribution in [0, 0.1) is 6.92 Å². The highest BCUT2D eigenvalue weighted by molar-refractivity contribution is 5.82. The van der Waals surface area contributed by atoms with Crippen LogP contribution in [0.4, 0.5) is 17.1 Å². The lowest BCUT2D eigenvalue weighted by molar-refractivity contribution is 1.46. The highest BCUT2D eigenvalue weighted by Gasteiger charge is 2.08. The molecule has 5 aromatic carbocycles. The van der Waals surface area contributed by atoms with Gasteiger partial charge < -0.3 is 17.2 Å². The first-order valence-corrected chi connectivity index (χ1v) is 11.3. The quantitative estimate of drug-likeness (QED) is 0.254. The lowest BCUT2D eigenvalue weighted by Gasteiger charge is -2.12. The van der Waals surface area contributed by atoms with E-state index in [2.05, 4.69) is 73.7 Å². The summed E-state index contributed by atoms with van der Waals surface area (Å²) in [5.41, 5.74) is 30.7. The number of aryl methyl sites for hydroxylation is 1. The molecule has 0 aliphatic rings. The Labute approximate surface area is 200 Å². The third-order valence-electron chi connectivity index (χ3n) is 6.00. The van der Waals surface area contributed by atoms with Gasteiger partial charge >= 0.3 is 0 Å². The molecule has 0 fully saturated rings. The predicted molar refractivity (Wildman–Crippen MR) is 146 cm³/mol. The summed E-state index contributed by atoms with van der Waals surface area (Å²) in [7, 11) is 0. The summed E-state index contributed by atoms with van der Waals surface area (Å²) in [5.74, 6) is 0. The molecule has 5 rings (SSSR count). The normalized spacial score (nSPS) is 10.9. The second-order valence-electron chi connectivity index (χ2n) is 8.76. The van der Waals surface area contributed by atoms with Crippen molar-refractivity contribution in [3.8, 4) is 44.5 Å². The summed E-state index contributed by atoms with van der Waals surface area (Å²) in [4.78, 5) is 0. The first-order valence-electron chi connectivity index (χ1n) is 11.3. The monoisotopic (exact) mass is 441 g/mol. The average molecular weight is 442 g/mol. The van der Waals surface area contributed by atoms with Gasteiger partial charge in [0.15, 0.2) is 0 Å². The van der Waals surface area contributed by atoms with Crippen molar-refractivity contribution < 1.29 is 0 Å². The minimum atomic E-state index is 0.729. The smallest absolute Gasteiger partial charge is 0.0326 e. The zero-order valence-electron chi connectivity index (χ0n) is 19.1. The molecule has 0 aliphatic carbocycles. The molecule has 0 atom stereocenters. The van der Waals surface area contributed by atoms with E-state index in [4.69, 9.17) is 17.2 Å². The largest absolute Gasteiger partial charge is 0.399 e. The van der Waals surface area contributed by atoms with Gasteiger partial charge in [-0.3, -0.25) is 0 Å². The Kier molecular flexibility index (Phi) is 5.52. The summed E-state index contributed by atoms with van der Waals surface area (Å²) >= 11 is 0. The van der Waals surface area contributed by atoms with Crippen molar-refractivity contribution in [1.29, 1.82) is 0 Å². The Morgan fingerprint density at radius 3 is 1.21 bits per heavy atom. The van der Waals surface area contributed by atoms with Gasteiger partial charge in [0, 0.05) is 17.1 Å².